The van der Waals surface area contributed by atoms with Crippen LogP contribution in [0.1, 0.15) is 23.6 Å². The van der Waals surface area contributed by atoms with Crippen molar-refractivity contribution in [3.05, 3.63) is 89.7 Å². The first-order chi connectivity index (χ1) is 14.2. The van der Waals surface area contributed by atoms with E-state index in [9.17, 15) is 9.50 Å². The van der Waals surface area contributed by atoms with Gasteiger partial charge in [-0.15, -0.1) is 0 Å². The SMILES string of the molecule is OC[C@@H]1Nc2ccc(-c3ccccc3)cc2[C@@H]2[C@H]1CCN2Cc1ccccc1F. The van der Waals surface area contributed by atoms with Crippen molar-refractivity contribution in [2.24, 2.45) is 5.92 Å². The average molecular weight is 388 g/mol. The summed E-state index contributed by atoms with van der Waals surface area (Å²) in [5.74, 6) is 0.159. The van der Waals surface area contributed by atoms with E-state index >= 15 is 0 Å². The second-order valence-corrected chi connectivity index (χ2v) is 8.06. The van der Waals surface area contributed by atoms with Gasteiger partial charge in [-0.25, -0.2) is 4.39 Å². The second kappa shape index (κ2) is 7.62. The molecule has 2 aliphatic heterocycles. The Balaban J connectivity index is 1.54. The molecular weight excluding hydrogens is 363 g/mol. The van der Waals surface area contributed by atoms with Crippen molar-refractivity contribution in [1.29, 1.82) is 0 Å². The van der Waals surface area contributed by atoms with Crippen LogP contribution in [0.2, 0.25) is 0 Å². The van der Waals surface area contributed by atoms with Crippen LogP contribution >= 0.6 is 0 Å². The lowest BCUT2D eigenvalue weighted by Gasteiger charge is -2.39. The monoisotopic (exact) mass is 388 g/mol. The number of aliphatic hydroxyl groups excluding tert-OH is 1. The molecule has 0 aliphatic carbocycles. The molecule has 3 nitrogen and oxygen atoms in total. The van der Waals surface area contributed by atoms with Gasteiger partial charge in [0.1, 0.15) is 5.82 Å². The molecule has 29 heavy (non-hydrogen) atoms. The van der Waals surface area contributed by atoms with Crippen LogP contribution in [-0.4, -0.2) is 29.2 Å². The van der Waals surface area contributed by atoms with Gasteiger partial charge in [0.25, 0.3) is 0 Å². The highest BCUT2D eigenvalue weighted by molar-refractivity contribution is 5.70. The molecule has 1 fully saturated rings. The van der Waals surface area contributed by atoms with Crippen LogP contribution in [0.3, 0.4) is 0 Å². The quantitative estimate of drug-likeness (QED) is 0.671. The highest BCUT2D eigenvalue weighted by Crippen LogP contribution is 2.47. The maximum atomic E-state index is 14.3. The Labute approximate surface area is 170 Å². The van der Waals surface area contributed by atoms with Crippen molar-refractivity contribution in [2.45, 2.75) is 25.0 Å². The van der Waals surface area contributed by atoms with E-state index in [-0.39, 0.29) is 24.5 Å². The maximum absolute atomic E-state index is 14.3. The van der Waals surface area contributed by atoms with Crippen LogP contribution in [0.5, 0.6) is 0 Å². The second-order valence-electron chi connectivity index (χ2n) is 8.06. The van der Waals surface area contributed by atoms with Crippen molar-refractivity contribution >= 4 is 5.69 Å². The van der Waals surface area contributed by atoms with Crippen LogP contribution in [-0.2, 0) is 6.54 Å². The van der Waals surface area contributed by atoms with Crippen LogP contribution in [0, 0.1) is 11.7 Å². The third-order valence-corrected chi connectivity index (χ3v) is 6.41. The summed E-state index contributed by atoms with van der Waals surface area (Å²) < 4.78 is 14.3. The summed E-state index contributed by atoms with van der Waals surface area (Å²) >= 11 is 0. The maximum Gasteiger partial charge on any atom is 0.127 e. The zero-order valence-electron chi connectivity index (χ0n) is 16.3. The smallest absolute Gasteiger partial charge is 0.127 e. The lowest BCUT2D eigenvalue weighted by Crippen LogP contribution is -2.41. The Morgan fingerprint density at radius 2 is 1.76 bits per heavy atom. The van der Waals surface area contributed by atoms with Gasteiger partial charge in [-0.3, -0.25) is 4.90 Å². The molecule has 0 amide bonds. The zero-order chi connectivity index (χ0) is 19.8. The number of aliphatic hydroxyl groups is 1. The number of rotatable bonds is 4. The van der Waals surface area contributed by atoms with Crippen molar-refractivity contribution in [3.63, 3.8) is 0 Å². The van der Waals surface area contributed by atoms with E-state index in [1.807, 2.05) is 18.2 Å². The predicted octanol–water partition coefficient (Wildman–Crippen LogP) is 4.84. The first-order valence-electron chi connectivity index (χ1n) is 10.3. The Kier molecular flexibility index (Phi) is 4.82. The van der Waals surface area contributed by atoms with Gasteiger partial charge in [0.05, 0.1) is 12.6 Å². The number of halogens is 1. The zero-order valence-corrected chi connectivity index (χ0v) is 16.3. The molecule has 4 heteroatoms. The van der Waals surface area contributed by atoms with Crippen LogP contribution in [0.4, 0.5) is 10.1 Å². The summed E-state index contributed by atoms with van der Waals surface area (Å²) in [6.07, 6.45) is 0.992. The molecule has 3 aromatic rings. The number of nitrogens with zero attached hydrogens (tertiary/aromatic N) is 1. The highest BCUT2D eigenvalue weighted by Gasteiger charge is 2.43. The van der Waals surface area contributed by atoms with E-state index in [1.165, 1.54) is 22.8 Å². The van der Waals surface area contributed by atoms with Gasteiger partial charge < -0.3 is 10.4 Å². The number of benzene rings is 3. The lowest BCUT2D eigenvalue weighted by molar-refractivity contribution is 0.171. The molecule has 0 bridgehead atoms. The molecule has 0 radical (unpaired) electrons. The number of hydrogen-bond donors (Lipinski definition) is 2. The Morgan fingerprint density at radius 1 is 0.966 bits per heavy atom. The topological polar surface area (TPSA) is 35.5 Å². The molecule has 2 aliphatic rings. The fourth-order valence-electron chi connectivity index (χ4n) is 4.99. The Hall–Kier alpha value is -2.69. The minimum atomic E-state index is -0.151. The molecule has 2 heterocycles. The standard InChI is InChI=1S/C25H25FN2O/c26-22-9-5-4-8-19(22)15-28-13-12-20-24(16-29)27-23-11-10-18(14-21(23)25(20)28)17-6-2-1-3-7-17/h1-11,14,20,24-25,27,29H,12-13,15-16H2/t20-,24-,25-/m0/s1. The van der Waals surface area contributed by atoms with E-state index in [1.54, 1.807) is 6.07 Å². The third-order valence-electron chi connectivity index (χ3n) is 6.41. The summed E-state index contributed by atoms with van der Waals surface area (Å²) in [6, 6.07) is 24.1. The molecule has 2 N–H and O–H groups in total. The van der Waals surface area contributed by atoms with Crippen LogP contribution in [0.15, 0.2) is 72.8 Å². The van der Waals surface area contributed by atoms with Crippen molar-refractivity contribution in [2.75, 3.05) is 18.5 Å². The van der Waals surface area contributed by atoms with Crippen LogP contribution < -0.4 is 5.32 Å². The van der Waals surface area contributed by atoms with Crippen molar-refractivity contribution < 1.29 is 9.50 Å². The van der Waals surface area contributed by atoms with E-state index in [2.05, 4.69) is 52.7 Å². The average Bonchev–Trinajstić information content (AvgIpc) is 3.19. The fraction of sp³-hybridized carbons (Fsp3) is 0.280. The molecule has 0 aromatic heterocycles. The number of nitrogens with one attached hydrogen (secondary N) is 1. The molecule has 3 atom stereocenters. The minimum Gasteiger partial charge on any atom is -0.394 e. The van der Waals surface area contributed by atoms with Gasteiger partial charge in [0, 0.05) is 29.8 Å². The van der Waals surface area contributed by atoms with Gasteiger partial charge in [0.2, 0.25) is 0 Å². The highest BCUT2D eigenvalue weighted by atomic mass is 19.1. The summed E-state index contributed by atoms with van der Waals surface area (Å²) in [4.78, 5) is 2.38. The van der Waals surface area contributed by atoms with Crippen LogP contribution in [0.25, 0.3) is 11.1 Å². The summed E-state index contributed by atoms with van der Waals surface area (Å²) in [5, 5.41) is 13.5. The molecule has 0 spiro atoms. The van der Waals surface area contributed by atoms with E-state index < -0.39 is 0 Å². The summed E-state index contributed by atoms with van der Waals surface area (Å²) in [6.45, 7) is 1.59. The third kappa shape index (κ3) is 3.33. The van der Waals surface area contributed by atoms with Gasteiger partial charge in [0.15, 0.2) is 0 Å². The van der Waals surface area contributed by atoms with E-state index in [0.29, 0.717) is 12.5 Å². The Morgan fingerprint density at radius 3 is 2.55 bits per heavy atom. The molecule has 5 rings (SSSR count). The number of anilines is 1. The molecule has 3 aromatic carbocycles. The van der Waals surface area contributed by atoms with Gasteiger partial charge in [-0.05, 0) is 47.9 Å². The van der Waals surface area contributed by atoms with E-state index in [0.717, 1.165) is 24.2 Å². The van der Waals surface area contributed by atoms with Crippen molar-refractivity contribution in [3.8, 4) is 11.1 Å². The first-order valence-corrected chi connectivity index (χ1v) is 10.3. The van der Waals surface area contributed by atoms with Gasteiger partial charge in [-0.2, -0.15) is 0 Å². The molecule has 0 saturated carbocycles. The fourth-order valence-corrected chi connectivity index (χ4v) is 4.99. The lowest BCUT2D eigenvalue weighted by atomic mass is 9.82. The molecular formula is C25H25FN2O. The molecule has 1 saturated heterocycles. The first kappa shape index (κ1) is 18.3. The number of likely N-dealkylation sites (tertiary alicyclic amines) is 1. The van der Waals surface area contributed by atoms with Crippen molar-refractivity contribution in [1.82, 2.24) is 4.90 Å². The van der Waals surface area contributed by atoms with Gasteiger partial charge in [-0.1, -0.05) is 54.6 Å². The molecule has 148 valence electrons. The largest absolute Gasteiger partial charge is 0.394 e. The number of hydrogen-bond acceptors (Lipinski definition) is 3. The normalized spacial score (nSPS) is 23.3. The summed E-state index contributed by atoms with van der Waals surface area (Å²) in [7, 11) is 0. The van der Waals surface area contributed by atoms with Gasteiger partial charge >= 0.3 is 0 Å². The summed E-state index contributed by atoms with van der Waals surface area (Å²) in [5.41, 5.74) is 5.42. The number of fused-ring (bicyclic) bond motifs is 3. The molecule has 0 unspecified atom stereocenters. The predicted molar refractivity (Wildman–Crippen MR) is 114 cm³/mol. The Bertz CT molecular complexity index is 1010. The van der Waals surface area contributed by atoms with E-state index in [4.69, 9.17) is 0 Å². The minimum absolute atomic E-state index is 0.0284.